The standard InChI is InChI=1S/C29H40BrClN4O5.C4H10/c1-19(31)14-22(20(2)30)16-25-29(39)35-12-7-8-23(35)18-40-13-6-5-9-24(28(38)32-17-27(37)34(25)4)33(3)26(36)15-21-10-11-21;1-4(2)3/h5-6,14,21,23-25H,1-2,7-13,15-18H2,3-4H3,(H,32,38);4H,1-3H3/b6-5+,22-14-;/t23?,24?,25-;/m0./s1. The maximum atomic E-state index is 13.9. The predicted molar refractivity (Wildman–Crippen MR) is 179 cm³/mol. The van der Waals surface area contributed by atoms with E-state index in [1.807, 2.05) is 12.2 Å². The summed E-state index contributed by atoms with van der Waals surface area (Å²) in [5, 5.41) is 2.97. The first-order valence-electron chi connectivity index (χ1n) is 15.4. The highest BCUT2D eigenvalue weighted by Gasteiger charge is 2.37. The lowest BCUT2D eigenvalue weighted by molar-refractivity contribution is -0.146. The third-order valence-electron chi connectivity index (χ3n) is 7.69. The summed E-state index contributed by atoms with van der Waals surface area (Å²) in [6, 6.07) is -1.74. The summed E-state index contributed by atoms with van der Waals surface area (Å²) >= 11 is 9.42. The van der Waals surface area contributed by atoms with Gasteiger partial charge < -0.3 is 24.8 Å². The SMILES string of the molecule is C=C(Cl)/C=C(/C[C@H]1C(=O)N2CCCC2COC/C=C/CC(N(C)C(=O)CC2CC2)C(=O)NCC(=O)N1C)C(=C)Br.CC(C)C. The molecule has 1 saturated carbocycles. The Hall–Kier alpha value is -2.43. The minimum absolute atomic E-state index is 0.0904. The molecular formula is C33H50BrClN4O5. The summed E-state index contributed by atoms with van der Waals surface area (Å²) < 4.78 is 6.40. The Balaban J connectivity index is 0.00000159. The van der Waals surface area contributed by atoms with Gasteiger partial charge in [-0.3, -0.25) is 19.2 Å². The first kappa shape index (κ1) is 37.8. The Morgan fingerprint density at radius 2 is 1.84 bits per heavy atom. The Labute approximate surface area is 276 Å². The second kappa shape index (κ2) is 18.5. The number of rotatable bonds is 7. The normalized spacial score (nSPS) is 24.7. The molecule has 2 unspecified atom stereocenters. The summed E-state index contributed by atoms with van der Waals surface area (Å²) in [6.07, 6.45) is 9.84. The van der Waals surface area contributed by atoms with E-state index in [1.165, 1.54) is 9.80 Å². The number of hydrogen-bond acceptors (Lipinski definition) is 5. The predicted octanol–water partition coefficient (Wildman–Crippen LogP) is 5.16. The molecule has 0 aromatic carbocycles. The number of amides is 4. The topological polar surface area (TPSA) is 99.3 Å². The van der Waals surface area contributed by atoms with Crippen molar-refractivity contribution in [3.8, 4) is 0 Å². The van der Waals surface area contributed by atoms with Gasteiger partial charge in [-0.05, 0) is 55.6 Å². The fraction of sp³-hybridized carbons (Fsp3) is 0.636. The third-order valence-corrected chi connectivity index (χ3v) is 8.31. The van der Waals surface area contributed by atoms with Crippen molar-refractivity contribution in [2.75, 3.05) is 40.4 Å². The van der Waals surface area contributed by atoms with E-state index >= 15 is 0 Å². The van der Waals surface area contributed by atoms with Crippen LogP contribution in [-0.2, 0) is 23.9 Å². The third kappa shape index (κ3) is 12.5. The van der Waals surface area contributed by atoms with Crippen molar-refractivity contribution in [1.29, 1.82) is 0 Å². The molecule has 0 bridgehead atoms. The Bertz CT molecular complexity index is 1120. The number of halogens is 2. The summed E-state index contributed by atoms with van der Waals surface area (Å²) in [4.78, 5) is 57.9. The molecule has 0 spiro atoms. The van der Waals surface area contributed by atoms with E-state index in [9.17, 15) is 19.2 Å². The van der Waals surface area contributed by atoms with Gasteiger partial charge in [0, 0.05) is 43.0 Å². The number of fused-ring (bicyclic) bond motifs is 1. The Morgan fingerprint density at radius 1 is 1.18 bits per heavy atom. The van der Waals surface area contributed by atoms with Crippen LogP contribution in [0.3, 0.4) is 0 Å². The molecule has 0 aromatic heterocycles. The van der Waals surface area contributed by atoms with Gasteiger partial charge in [-0.15, -0.1) is 0 Å². The van der Waals surface area contributed by atoms with Crippen LogP contribution in [0.15, 0.2) is 46.5 Å². The van der Waals surface area contributed by atoms with Gasteiger partial charge in [-0.2, -0.15) is 0 Å². The van der Waals surface area contributed by atoms with E-state index in [4.69, 9.17) is 16.3 Å². The van der Waals surface area contributed by atoms with E-state index in [-0.39, 0.29) is 35.9 Å². The number of nitrogens with one attached hydrogen (secondary N) is 1. The number of allylic oxidation sites excluding steroid dienone is 3. The molecule has 2 aliphatic heterocycles. The van der Waals surface area contributed by atoms with Crippen molar-refractivity contribution < 1.29 is 23.9 Å². The molecule has 1 N–H and O–H groups in total. The largest absolute Gasteiger partial charge is 0.375 e. The number of hydrogen-bond donors (Lipinski definition) is 1. The summed E-state index contributed by atoms with van der Waals surface area (Å²) in [5.74, 6) is 0.0579. The van der Waals surface area contributed by atoms with Crippen LogP contribution in [0, 0.1) is 11.8 Å². The van der Waals surface area contributed by atoms with Crippen molar-refractivity contribution in [2.24, 2.45) is 11.8 Å². The number of likely N-dealkylation sites (N-methyl/N-ethyl adjacent to an activating group) is 2. The quantitative estimate of drug-likeness (QED) is 0.293. The Kier molecular flexibility index (Phi) is 15.9. The van der Waals surface area contributed by atoms with Crippen molar-refractivity contribution in [3.63, 3.8) is 0 Å². The van der Waals surface area contributed by atoms with Gasteiger partial charge in [0.2, 0.25) is 23.6 Å². The summed E-state index contributed by atoms with van der Waals surface area (Å²) in [6.45, 7) is 15.1. The summed E-state index contributed by atoms with van der Waals surface area (Å²) in [5.41, 5.74) is 0.629. The van der Waals surface area contributed by atoms with Gasteiger partial charge in [-0.25, -0.2) is 0 Å². The highest BCUT2D eigenvalue weighted by molar-refractivity contribution is 9.11. The molecular weight excluding hydrogens is 648 g/mol. The van der Waals surface area contributed by atoms with Crippen LogP contribution >= 0.6 is 27.5 Å². The second-order valence-electron chi connectivity index (χ2n) is 12.4. The lowest BCUT2D eigenvalue weighted by Crippen LogP contribution is -2.54. The second-order valence-corrected chi connectivity index (χ2v) is 13.9. The minimum atomic E-state index is -0.868. The number of carbonyl (C=O) groups excluding carboxylic acids is 4. The van der Waals surface area contributed by atoms with Crippen LogP contribution in [0.5, 0.6) is 0 Å². The first-order chi connectivity index (χ1) is 20.7. The van der Waals surface area contributed by atoms with E-state index in [0.717, 1.165) is 31.6 Å². The van der Waals surface area contributed by atoms with Crippen molar-refractivity contribution in [3.05, 3.63) is 46.5 Å². The van der Waals surface area contributed by atoms with Gasteiger partial charge in [0.25, 0.3) is 0 Å². The maximum Gasteiger partial charge on any atom is 0.246 e. The lowest BCUT2D eigenvalue weighted by atomic mass is 10.0. The Morgan fingerprint density at radius 3 is 2.43 bits per heavy atom. The minimum Gasteiger partial charge on any atom is -0.375 e. The van der Waals surface area contributed by atoms with Crippen molar-refractivity contribution >= 4 is 51.2 Å². The van der Waals surface area contributed by atoms with Crippen LogP contribution in [0.2, 0.25) is 0 Å². The van der Waals surface area contributed by atoms with Gasteiger partial charge in [0.15, 0.2) is 0 Å². The fourth-order valence-corrected chi connectivity index (χ4v) is 5.41. The molecule has 44 heavy (non-hydrogen) atoms. The molecule has 2 heterocycles. The first-order valence-corrected chi connectivity index (χ1v) is 16.6. The lowest BCUT2D eigenvalue weighted by Gasteiger charge is -2.34. The highest BCUT2D eigenvalue weighted by Crippen LogP contribution is 2.33. The van der Waals surface area contributed by atoms with Crippen LogP contribution in [0.1, 0.15) is 65.7 Å². The van der Waals surface area contributed by atoms with Gasteiger partial charge in [0.1, 0.15) is 12.1 Å². The van der Waals surface area contributed by atoms with Crippen LogP contribution < -0.4 is 5.32 Å². The molecule has 3 rings (SSSR count). The monoisotopic (exact) mass is 696 g/mol. The zero-order valence-electron chi connectivity index (χ0n) is 27.0. The molecule has 11 heteroatoms. The molecule has 1 saturated heterocycles. The molecule has 3 atom stereocenters. The molecule has 0 aromatic rings. The van der Waals surface area contributed by atoms with Gasteiger partial charge in [0.05, 0.1) is 25.8 Å². The van der Waals surface area contributed by atoms with Crippen LogP contribution in [-0.4, -0.2) is 96.9 Å². The van der Waals surface area contributed by atoms with E-state index in [2.05, 4.69) is 55.2 Å². The average molecular weight is 698 g/mol. The van der Waals surface area contributed by atoms with Crippen molar-refractivity contribution in [1.82, 2.24) is 20.0 Å². The van der Waals surface area contributed by atoms with E-state index < -0.39 is 23.9 Å². The molecule has 4 amide bonds. The van der Waals surface area contributed by atoms with Gasteiger partial charge >= 0.3 is 0 Å². The van der Waals surface area contributed by atoms with Crippen LogP contribution in [0.4, 0.5) is 0 Å². The molecule has 9 nitrogen and oxygen atoms in total. The smallest absolute Gasteiger partial charge is 0.246 e. The average Bonchev–Trinajstić information content (AvgIpc) is 3.64. The molecule has 0 radical (unpaired) electrons. The summed E-state index contributed by atoms with van der Waals surface area (Å²) in [7, 11) is 3.18. The molecule has 246 valence electrons. The maximum absolute atomic E-state index is 13.9. The fourth-order valence-electron chi connectivity index (χ4n) is 5.00. The number of ether oxygens (including phenoxy) is 1. The van der Waals surface area contributed by atoms with Crippen LogP contribution in [0.25, 0.3) is 0 Å². The van der Waals surface area contributed by atoms with Crippen molar-refractivity contribution in [2.45, 2.75) is 83.8 Å². The molecule has 3 aliphatic rings. The zero-order valence-corrected chi connectivity index (χ0v) is 29.3. The number of carbonyl (C=O) groups is 4. The highest BCUT2D eigenvalue weighted by atomic mass is 79.9. The molecule has 1 aliphatic carbocycles. The number of nitrogens with zero attached hydrogens (tertiary/aromatic N) is 3. The van der Waals surface area contributed by atoms with E-state index in [0.29, 0.717) is 48.6 Å². The van der Waals surface area contributed by atoms with Gasteiger partial charge in [-0.1, -0.05) is 73.6 Å². The zero-order chi connectivity index (χ0) is 33.0. The molecule has 2 fully saturated rings. The van der Waals surface area contributed by atoms with E-state index in [1.54, 1.807) is 25.1 Å².